The molecular weight excluding hydrogens is 308 g/mol. The molecule has 25 heavy (non-hydrogen) atoms. The summed E-state index contributed by atoms with van der Waals surface area (Å²) in [5.41, 5.74) is 0.678. The van der Waals surface area contributed by atoms with Crippen molar-refractivity contribution in [2.24, 2.45) is 0 Å². The van der Waals surface area contributed by atoms with Crippen molar-refractivity contribution < 1.29 is 9.53 Å². The highest BCUT2D eigenvalue weighted by molar-refractivity contribution is 6.23. The Morgan fingerprint density at radius 2 is 1.44 bits per heavy atom. The van der Waals surface area contributed by atoms with Crippen molar-refractivity contribution in [3.8, 4) is 0 Å². The van der Waals surface area contributed by atoms with Crippen LogP contribution in [0.3, 0.4) is 0 Å². The molecule has 0 saturated heterocycles. The molecule has 0 radical (unpaired) electrons. The van der Waals surface area contributed by atoms with Gasteiger partial charge in [-0.15, -0.1) is 0 Å². The number of rotatable bonds is 3. The van der Waals surface area contributed by atoms with Crippen LogP contribution in [-0.2, 0) is 15.1 Å². The van der Waals surface area contributed by atoms with Crippen molar-refractivity contribution in [3.05, 3.63) is 72.3 Å². The highest BCUT2D eigenvalue weighted by Crippen LogP contribution is 2.39. The molecule has 124 valence electrons. The Balaban J connectivity index is 2.02. The Labute approximate surface area is 147 Å². The summed E-state index contributed by atoms with van der Waals surface area (Å²) in [6, 6.07) is 19.1. The first-order chi connectivity index (χ1) is 11.9. The average molecular weight is 328 g/mol. The van der Waals surface area contributed by atoms with Crippen molar-refractivity contribution in [2.45, 2.75) is 26.4 Å². The van der Waals surface area contributed by atoms with Gasteiger partial charge in [0.15, 0.2) is 0 Å². The first-order valence-corrected chi connectivity index (χ1v) is 8.44. The third kappa shape index (κ3) is 2.37. The number of carbonyl (C=O) groups excluding carboxylic acids is 1. The van der Waals surface area contributed by atoms with Crippen LogP contribution in [0.4, 0.5) is 0 Å². The molecule has 4 rings (SSSR count). The van der Waals surface area contributed by atoms with Gasteiger partial charge in [0.1, 0.15) is 5.60 Å². The molecular formula is C23H20O2. The molecule has 0 atom stereocenters. The van der Waals surface area contributed by atoms with Crippen LogP contribution >= 0.6 is 0 Å². The van der Waals surface area contributed by atoms with Gasteiger partial charge in [-0.2, -0.15) is 0 Å². The second-order valence-corrected chi connectivity index (χ2v) is 7.15. The molecule has 2 nitrogen and oxygen atoms in total. The van der Waals surface area contributed by atoms with E-state index in [-0.39, 0.29) is 5.97 Å². The van der Waals surface area contributed by atoms with Gasteiger partial charge in [0.25, 0.3) is 0 Å². The lowest BCUT2D eigenvalue weighted by Crippen LogP contribution is -2.26. The van der Waals surface area contributed by atoms with Crippen LogP contribution in [0.5, 0.6) is 0 Å². The maximum Gasteiger partial charge on any atom is 0.333 e. The molecule has 0 amide bonds. The molecule has 0 aliphatic carbocycles. The molecule has 4 aromatic rings. The molecule has 0 heterocycles. The monoisotopic (exact) mass is 328 g/mol. The summed E-state index contributed by atoms with van der Waals surface area (Å²) in [5, 5.41) is 7.27. The van der Waals surface area contributed by atoms with Crippen molar-refractivity contribution in [1.29, 1.82) is 0 Å². The SMILES string of the molecule is C=C(C)C(=O)OC(C)(C)c1ccc2ccc3cccc4ccc1c2c34. The zero-order chi connectivity index (χ0) is 17.8. The maximum absolute atomic E-state index is 12.1. The second kappa shape index (κ2) is 5.32. The van der Waals surface area contributed by atoms with Gasteiger partial charge >= 0.3 is 5.97 Å². The third-order valence-electron chi connectivity index (χ3n) is 4.87. The molecule has 0 fully saturated rings. The van der Waals surface area contributed by atoms with Gasteiger partial charge in [-0.1, -0.05) is 61.2 Å². The van der Waals surface area contributed by atoms with E-state index in [1.54, 1.807) is 6.92 Å². The van der Waals surface area contributed by atoms with E-state index in [0.717, 1.165) is 10.9 Å². The zero-order valence-electron chi connectivity index (χ0n) is 14.7. The second-order valence-electron chi connectivity index (χ2n) is 7.15. The van der Waals surface area contributed by atoms with E-state index < -0.39 is 5.60 Å². The van der Waals surface area contributed by atoms with E-state index in [9.17, 15) is 4.79 Å². The van der Waals surface area contributed by atoms with E-state index in [2.05, 4.69) is 61.2 Å². The predicted octanol–water partition coefficient (Wildman–Crippen LogP) is 5.94. The first kappa shape index (κ1) is 15.6. The standard InChI is InChI=1S/C23H20O2/c1-14(2)22(24)25-23(3,4)19-13-11-17-9-8-15-6-5-7-16-10-12-18(19)21(17)20(15)16/h5-13H,1H2,2-4H3. The highest BCUT2D eigenvalue weighted by atomic mass is 16.6. The fourth-order valence-corrected chi connectivity index (χ4v) is 3.63. The Kier molecular flexibility index (Phi) is 3.33. The van der Waals surface area contributed by atoms with Crippen LogP contribution in [0.1, 0.15) is 26.3 Å². The molecule has 0 unspecified atom stereocenters. The topological polar surface area (TPSA) is 26.3 Å². The van der Waals surface area contributed by atoms with Gasteiger partial charge in [-0.3, -0.25) is 0 Å². The van der Waals surface area contributed by atoms with E-state index in [1.165, 1.54) is 26.9 Å². The number of esters is 1. The molecule has 0 N–H and O–H groups in total. The largest absolute Gasteiger partial charge is 0.451 e. The van der Waals surface area contributed by atoms with Crippen LogP contribution in [0.15, 0.2) is 66.7 Å². The van der Waals surface area contributed by atoms with E-state index in [0.29, 0.717) is 5.57 Å². The molecule has 4 aromatic carbocycles. The Hall–Kier alpha value is -2.87. The van der Waals surface area contributed by atoms with Gasteiger partial charge < -0.3 is 4.74 Å². The minimum Gasteiger partial charge on any atom is -0.451 e. The molecule has 0 aromatic heterocycles. The highest BCUT2D eigenvalue weighted by Gasteiger charge is 2.28. The zero-order valence-corrected chi connectivity index (χ0v) is 14.7. The third-order valence-corrected chi connectivity index (χ3v) is 4.87. The summed E-state index contributed by atoms with van der Waals surface area (Å²) in [6.07, 6.45) is 0. The summed E-state index contributed by atoms with van der Waals surface area (Å²) in [6.45, 7) is 9.22. The number of ether oxygens (including phenoxy) is 1. The normalized spacial score (nSPS) is 12.1. The van der Waals surface area contributed by atoms with Gasteiger partial charge in [-0.25, -0.2) is 4.79 Å². The van der Waals surface area contributed by atoms with Gasteiger partial charge in [0.05, 0.1) is 0 Å². The van der Waals surface area contributed by atoms with Gasteiger partial charge in [0, 0.05) is 11.1 Å². The minimum atomic E-state index is -0.738. The fourth-order valence-electron chi connectivity index (χ4n) is 3.63. The Morgan fingerprint density at radius 1 is 0.880 bits per heavy atom. The Morgan fingerprint density at radius 3 is 2.08 bits per heavy atom. The van der Waals surface area contributed by atoms with E-state index in [4.69, 9.17) is 4.74 Å². The van der Waals surface area contributed by atoms with Gasteiger partial charge in [0.2, 0.25) is 0 Å². The number of benzene rings is 4. The molecule has 2 heteroatoms. The number of hydrogen-bond donors (Lipinski definition) is 0. The molecule has 0 saturated carbocycles. The average Bonchev–Trinajstić information content (AvgIpc) is 2.59. The van der Waals surface area contributed by atoms with E-state index >= 15 is 0 Å². The predicted molar refractivity (Wildman–Crippen MR) is 104 cm³/mol. The van der Waals surface area contributed by atoms with E-state index in [1.807, 2.05) is 13.8 Å². The van der Waals surface area contributed by atoms with Crippen molar-refractivity contribution in [2.75, 3.05) is 0 Å². The first-order valence-electron chi connectivity index (χ1n) is 8.44. The van der Waals surface area contributed by atoms with Gasteiger partial charge in [-0.05, 0) is 53.1 Å². The lowest BCUT2D eigenvalue weighted by Gasteiger charge is -2.28. The van der Waals surface area contributed by atoms with Crippen LogP contribution in [-0.4, -0.2) is 5.97 Å². The lowest BCUT2D eigenvalue weighted by atomic mass is 9.87. The molecule has 0 aliphatic heterocycles. The van der Waals surface area contributed by atoms with Crippen molar-refractivity contribution in [3.63, 3.8) is 0 Å². The van der Waals surface area contributed by atoms with Crippen LogP contribution in [0.2, 0.25) is 0 Å². The molecule has 0 bridgehead atoms. The van der Waals surface area contributed by atoms with Crippen LogP contribution in [0.25, 0.3) is 32.3 Å². The maximum atomic E-state index is 12.1. The van der Waals surface area contributed by atoms with Crippen molar-refractivity contribution >= 4 is 38.3 Å². The summed E-state index contributed by atoms with van der Waals surface area (Å²) in [5.74, 6) is -0.365. The van der Waals surface area contributed by atoms with Crippen LogP contribution in [0, 0.1) is 0 Å². The smallest absolute Gasteiger partial charge is 0.333 e. The fraction of sp³-hybridized carbons (Fsp3) is 0.174. The molecule has 0 spiro atoms. The molecule has 0 aliphatic rings. The lowest BCUT2D eigenvalue weighted by molar-refractivity contribution is -0.152. The quantitative estimate of drug-likeness (QED) is 0.264. The number of carbonyl (C=O) groups is 1. The van der Waals surface area contributed by atoms with Crippen LogP contribution < -0.4 is 0 Å². The summed E-state index contributed by atoms with van der Waals surface area (Å²) >= 11 is 0. The summed E-state index contributed by atoms with van der Waals surface area (Å²) in [4.78, 5) is 12.1. The van der Waals surface area contributed by atoms with Crippen molar-refractivity contribution in [1.82, 2.24) is 0 Å². The Bertz CT molecular complexity index is 1120. The number of hydrogen-bond acceptors (Lipinski definition) is 2. The summed E-state index contributed by atoms with van der Waals surface area (Å²) < 4.78 is 5.74. The summed E-state index contributed by atoms with van der Waals surface area (Å²) in [7, 11) is 0. The minimum absolute atomic E-state index is 0.365.